The summed E-state index contributed by atoms with van der Waals surface area (Å²) in [7, 11) is -5.48. The van der Waals surface area contributed by atoms with Gasteiger partial charge < -0.3 is 18.9 Å². The molecule has 0 rings (SSSR count). The minimum atomic E-state index is -3.64. The van der Waals surface area contributed by atoms with Crippen LogP contribution < -0.4 is 0 Å². The van der Waals surface area contributed by atoms with Crippen molar-refractivity contribution in [2.24, 2.45) is 0 Å². The molecule has 0 N–H and O–H groups in total. The van der Waals surface area contributed by atoms with Crippen LogP contribution in [0.3, 0.4) is 0 Å². The Morgan fingerprint density at radius 1 is 0.960 bits per heavy atom. The summed E-state index contributed by atoms with van der Waals surface area (Å²) in [5.74, 6) is -0.127. The zero-order chi connectivity index (χ0) is 19.3. The molecule has 1 atom stereocenters. The van der Waals surface area contributed by atoms with Gasteiger partial charge in [0.15, 0.2) is 19.7 Å². The van der Waals surface area contributed by atoms with Crippen LogP contribution in [-0.2, 0) is 38.6 Å². The van der Waals surface area contributed by atoms with Crippen LogP contribution in [0.15, 0.2) is 35.5 Å². The van der Waals surface area contributed by atoms with E-state index in [0.717, 1.165) is 10.8 Å². The number of hydrogen-bond acceptors (Lipinski definition) is 8. The van der Waals surface area contributed by atoms with E-state index in [1.807, 2.05) is 0 Å². The molecule has 0 aliphatic rings. The van der Waals surface area contributed by atoms with Crippen LogP contribution in [0.2, 0.25) is 0 Å². The third-order valence-electron chi connectivity index (χ3n) is 2.95. The van der Waals surface area contributed by atoms with Gasteiger partial charge in [-0.05, 0) is 0 Å². The van der Waals surface area contributed by atoms with Gasteiger partial charge in [0.25, 0.3) is 0 Å². The molecule has 0 aliphatic carbocycles. The Balaban J connectivity index is 3.95. The molecule has 25 heavy (non-hydrogen) atoms. The average molecular weight is 398 g/mol. The molecule has 0 aromatic rings. The first-order chi connectivity index (χ1) is 11.7. The second-order valence-electron chi connectivity index (χ2n) is 4.75. The van der Waals surface area contributed by atoms with Crippen LogP contribution in [0.5, 0.6) is 0 Å². The highest BCUT2D eigenvalue weighted by Crippen LogP contribution is 2.14. The Kier molecular flexibility index (Phi) is 11.8. The van der Waals surface area contributed by atoms with Crippen LogP contribution >= 0.6 is 0 Å². The van der Waals surface area contributed by atoms with Crippen molar-refractivity contribution in [2.75, 3.05) is 52.5 Å². The Morgan fingerprint density at radius 2 is 1.52 bits per heavy atom. The molecule has 0 amide bonds. The molecule has 0 aromatic carbocycles. The van der Waals surface area contributed by atoms with E-state index in [2.05, 4.69) is 19.7 Å². The lowest BCUT2D eigenvalue weighted by Gasteiger charge is -2.18. The van der Waals surface area contributed by atoms with Crippen LogP contribution in [0.1, 0.15) is 0 Å². The van der Waals surface area contributed by atoms with Gasteiger partial charge in [-0.3, -0.25) is 0 Å². The van der Waals surface area contributed by atoms with Gasteiger partial charge in [0, 0.05) is 17.9 Å². The van der Waals surface area contributed by atoms with Gasteiger partial charge in [-0.15, -0.1) is 0 Å². The van der Waals surface area contributed by atoms with Crippen molar-refractivity contribution in [3.8, 4) is 0 Å². The largest absolute Gasteiger partial charge is 0.382 e. The lowest BCUT2D eigenvalue weighted by Crippen LogP contribution is -2.26. The van der Waals surface area contributed by atoms with Gasteiger partial charge in [0.1, 0.15) is 6.10 Å². The number of sulfone groups is 2. The minimum absolute atomic E-state index is 0.0345. The molecule has 8 nitrogen and oxygen atoms in total. The summed E-state index contributed by atoms with van der Waals surface area (Å²) in [6, 6.07) is 0. The fraction of sp³-hybridized carbons (Fsp3) is 0.600. The molecule has 10 heteroatoms. The van der Waals surface area contributed by atoms with E-state index in [4.69, 9.17) is 18.9 Å². The standard InChI is InChI=1S/C15H26O8S2/c1-5-24(16,17)12-11-22-8-7-21-9-10-23-15(13-20-4)14(3)25(18,19)6-2/h5-6,15H,1-3,7-13H2,4H3. The zero-order valence-electron chi connectivity index (χ0n) is 14.4. The maximum atomic E-state index is 11.7. The van der Waals surface area contributed by atoms with Gasteiger partial charge in [-0.2, -0.15) is 0 Å². The van der Waals surface area contributed by atoms with Crippen molar-refractivity contribution >= 4 is 19.7 Å². The molecule has 0 heterocycles. The van der Waals surface area contributed by atoms with E-state index in [-0.39, 0.29) is 50.3 Å². The number of methoxy groups -OCH3 is 1. The smallest absolute Gasteiger partial charge is 0.197 e. The summed E-state index contributed by atoms with van der Waals surface area (Å²) in [4.78, 5) is -0.129. The van der Waals surface area contributed by atoms with Crippen LogP contribution in [-0.4, -0.2) is 75.4 Å². The quantitative estimate of drug-likeness (QED) is 0.350. The van der Waals surface area contributed by atoms with E-state index < -0.39 is 25.8 Å². The number of hydrogen-bond donors (Lipinski definition) is 0. The molecular weight excluding hydrogens is 372 g/mol. The van der Waals surface area contributed by atoms with E-state index in [9.17, 15) is 16.8 Å². The molecule has 0 saturated heterocycles. The highest BCUT2D eigenvalue weighted by molar-refractivity contribution is 7.98. The van der Waals surface area contributed by atoms with Crippen molar-refractivity contribution in [2.45, 2.75) is 6.10 Å². The van der Waals surface area contributed by atoms with Crippen LogP contribution in [0, 0.1) is 0 Å². The fourth-order valence-corrected chi connectivity index (χ4v) is 2.74. The summed E-state index contributed by atoms with van der Waals surface area (Å²) in [5.41, 5.74) is 0. The molecule has 146 valence electrons. The molecule has 0 aromatic heterocycles. The van der Waals surface area contributed by atoms with Crippen molar-refractivity contribution in [1.82, 2.24) is 0 Å². The summed E-state index contributed by atoms with van der Waals surface area (Å²) in [6.45, 7) is 10.9. The highest BCUT2D eigenvalue weighted by Gasteiger charge is 2.22. The number of ether oxygens (including phenoxy) is 4. The Bertz CT molecular complexity index is 622. The van der Waals surface area contributed by atoms with Gasteiger partial charge >= 0.3 is 0 Å². The monoisotopic (exact) mass is 398 g/mol. The first kappa shape index (κ1) is 24.0. The predicted molar refractivity (Wildman–Crippen MR) is 95.5 cm³/mol. The maximum absolute atomic E-state index is 11.7. The van der Waals surface area contributed by atoms with Gasteiger partial charge in [-0.25, -0.2) is 16.8 Å². The zero-order valence-corrected chi connectivity index (χ0v) is 16.0. The van der Waals surface area contributed by atoms with Crippen LogP contribution in [0.4, 0.5) is 0 Å². The molecule has 0 aliphatic heterocycles. The van der Waals surface area contributed by atoms with E-state index in [1.54, 1.807) is 0 Å². The summed E-state index contributed by atoms with van der Waals surface area (Å²) in [5, 5.41) is 1.70. The fourth-order valence-electron chi connectivity index (χ4n) is 1.51. The summed E-state index contributed by atoms with van der Waals surface area (Å²) in [6.07, 6.45) is -0.822. The predicted octanol–water partition coefficient (Wildman–Crippen LogP) is 0.682. The average Bonchev–Trinajstić information content (AvgIpc) is 2.58. The second-order valence-corrected chi connectivity index (χ2v) is 8.77. The van der Waals surface area contributed by atoms with Crippen molar-refractivity contribution in [3.63, 3.8) is 0 Å². The summed E-state index contributed by atoms with van der Waals surface area (Å²) >= 11 is 0. The second kappa shape index (κ2) is 12.3. The first-order valence-corrected chi connectivity index (χ1v) is 10.6. The molecular formula is C15H26O8S2. The van der Waals surface area contributed by atoms with Crippen molar-refractivity contribution in [1.29, 1.82) is 0 Å². The normalized spacial score (nSPS) is 13.3. The molecule has 0 radical (unpaired) electrons. The third-order valence-corrected chi connectivity index (χ3v) is 5.62. The highest BCUT2D eigenvalue weighted by atomic mass is 32.2. The number of rotatable bonds is 16. The van der Waals surface area contributed by atoms with E-state index >= 15 is 0 Å². The Hall–Kier alpha value is -1.04. The van der Waals surface area contributed by atoms with Crippen molar-refractivity contribution in [3.05, 3.63) is 35.5 Å². The molecule has 0 bridgehead atoms. The molecule has 1 unspecified atom stereocenters. The molecule has 0 spiro atoms. The van der Waals surface area contributed by atoms with Crippen molar-refractivity contribution < 1.29 is 35.8 Å². The maximum Gasteiger partial charge on any atom is 0.197 e. The SMILES string of the molecule is C=CS(=O)(=O)CCOCCOCCOC(COC)C(=C)S(=O)(=O)C=C. The minimum Gasteiger partial charge on any atom is -0.382 e. The summed E-state index contributed by atoms with van der Waals surface area (Å²) < 4.78 is 66.3. The topological polar surface area (TPSA) is 105 Å². The van der Waals surface area contributed by atoms with E-state index in [1.165, 1.54) is 7.11 Å². The van der Waals surface area contributed by atoms with Gasteiger partial charge in [0.05, 0.1) is 50.3 Å². The van der Waals surface area contributed by atoms with Gasteiger partial charge in [-0.1, -0.05) is 19.7 Å². The Labute approximate surface area is 149 Å². The van der Waals surface area contributed by atoms with Crippen LogP contribution in [0.25, 0.3) is 0 Å². The Morgan fingerprint density at radius 3 is 2.04 bits per heavy atom. The first-order valence-electron chi connectivity index (χ1n) is 7.37. The van der Waals surface area contributed by atoms with E-state index in [0.29, 0.717) is 0 Å². The van der Waals surface area contributed by atoms with Gasteiger partial charge in [0.2, 0.25) is 0 Å². The lowest BCUT2D eigenvalue weighted by atomic mass is 10.4. The third kappa shape index (κ3) is 10.5. The lowest BCUT2D eigenvalue weighted by molar-refractivity contribution is -0.0190. The molecule has 0 fully saturated rings. The molecule has 0 saturated carbocycles.